The largest absolute Gasteiger partial charge is 0.433 e. The van der Waals surface area contributed by atoms with Gasteiger partial charge in [-0.2, -0.15) is 0 Å². The van der Waals surface area contributed by atoms with Crippen LogP contribution in [0.25, 0.3) is 0 Å². The first-order chi connectivity index (χ1) is 8.04. The van der Waals surface area contributed by atoms with E-state index in [0.717, 1.165) is 19.5 Å². The van der Waals surface area contributed by atoms with Crippen molar-refractivity contribution >= 4 is 8.72 Å². The Morgan fingerprint density at radius 2 is 1.59 bits per heavy atom. The third-order valence-corrected chi connectivity index (χ3v) is 8.40. The van der Waals surface area contributed by atoms with Crippen LogP contribution < -0.4 is 0 Å². The van der Waals surface area contributed by atoms with E-state index >= 15 is 0 Å². The lowest BCUT2D eigenvalue weighted by molar-refractivity contribution is 0.119. The Hall–Kier alpha value is 0.0969. The molecule has 0 N–H and O–H groups in total. The Morgan fingerprint density at radius 3 is 2.00 bits per heavy atom. The molecule has 102 valence electrons. The summed E-state index contributed by atoms with van der Waals surface area (Å²) in [6, 6.07) is 0. The highest BCUT2D eigenvalue weighted by Gasteiger charge is 2.55. The number of hydrogen-bond acceptors (Lipinski definition) is 3. The molecule has 0 aromatic heterocycles. The van der Waals surface area contributed by atoms with Crippen LogP contribution in [0.5, 0.6) is 0 Å². The highest BCUT2D eigenvalue weighted by molar-refractivity contribution is 6.67. The summed E-state index contributed by atoms with van der Waals surface area (Å²) in [6.07, 6.45) is 6.26. The quantitative estimate of drug-likeness (QED) is 0.683. The fraction of sp³-hybridized carbons (Fsp3) is 1.00. The molecular weight excluding hydrogens is 230 g/mol. The molecule has 4 heteroatoms. The van der Waals surface area contributed by atoms with E-state index in [-0.39, 0.29) is 5.04 Å². The van der Waals surface area contributed by atoms with Crippen LogP contribution in [-0.4, -0.2) is 40.6 Å². The molecular formula is C13H29NO2Si. The van der Waals surface area contributed by atoms with E-state index < -0.39 is 8.72 Å². The van der Waals surface area contributed by atoms with Gasteiger partial charge in [0.15, 0.2) is 0 Å². The van der Waals surface area contributed by atoms with Gasteiger partial charge in [0.25, 0.3) is 0 Å². The van der Waals surface area contributed by atoms with Crippen LogP contribution in [0.15, 0.2) is 0 Å². The summed E-state index contributed by atoms with van der Waals surface area (Å²) in [4.78, 5) is 0. The van der Waals surface area contributed by atoms with Crippen LogP contribution in [0.4, 0.5) is 0 Å². The monoisotopic (exact) mass is 259 g/mol. The van der Waals surface area contributed by atoms with Crippen LogP contribution in [0.3, 0.4) is 0 Å². The van der Waals surface area contributed by atoms with E-state index in [4.69, 9.17) is 8.85 Å². The Morgan fingerprint density at radius 1 is 1.06 bits per heavy atom. The summed E-state index contributed by atoms with van der Waals surface area (Å²) in [5.41, 5.74) is 0. The first-order valence-electron chi connectivity index (χ1n) is 6.89. The second-order valence-corrected chi connectivity index (χ2v) is 9.64. The Balaban J connectivity index is 2.93. The van der Waals surface area contributed by atoms with Gasteiger partial charge in [0.1, 0.15) is 0 Å². The maximum atomic E-state index is 5.99. The average molecular weight is 259 g/mol. The van der Waals surface area contributed by atoms with Gasteiger partial charge in [0, 0.05) is 19.3 Å². The highest BCUT2D eigenvalue weighted by Crippen LogP contribution is 2.44. The van der Waals surface area contributed by atoms with Crippen molar-refractivity contribution in [1.82, 2.24) is 4.57 Å². The zero-order valence-corrected chi connectivity index (χ0v) is 13.2. The summed E-state index contributed by atoms with van der Waals surface area (Å²) in [6.45, 7) is 9.14. The lowest BCUT2D eigenvalue weighted by Crippen LogP contribution is -2.65. The fourth-order valence-electron chi connectivity index (χ4n) is 3.29. The molecule has 0 atom stereocenters. The highest BCUT2D eigenvalue weighted by atomic mass is 28.4. The summed E-state index contributed by atoms with van der Waals surface area (Å²) in [7, 11) is 1.41. The van der Waals surface area contributed by atoms with Gasteiger partial charge in [0.05, 0.1) is 0 Å². The predicted molar refractivity (Wildman–Crippen MR) is 74.1 cm³/mol. The van der Waals surface area contributed by atoms with Crippen molar-refractivity contribution in [2.45, 2.75) is 57.9 Å². The first kappa shape index (κ1) is 15.2. The van der Waals surface area contributed by atoms with Gasteiger partial charge in [-0.3, -0.25) is 4.57 Å². The molecule has 0 unspecified atom stereocenters. The predicted octanol–water partition coefficient (Wildman–Crippen LogP) is 3.28. The molecule has 0 spiro atoms. The van der Waals surface area contributed by atoms with Crippen molar-refractivity contribution in [3.8, 4) is 0 Å². The molecule has 0 aromatic carbocycles. The molecule has 1 heterocycles. The van der Waals surface area contributed by atoms with Crippen molar-refractivity contribution in [3.63, 3.8) is 0 Å². The van der Waals surface area contributed by atoms with Gasteiger partial charge in [-0.25, -0.2) is 0 Å². The zero-order chi connectivity index (χ0) is 12.9. The van der Waals surface area contributed by atoms with Crippen LogP contribution in [-0.2, 0) is 8.85 Å². The number of hydrogen-bond donors (Lipinski definition) is 0. The minimum atomic E-state index is -2.26. The standard InChI is InChI=1S/C13H29NO2Si/c1-6-10-13(2,3)17(15-4,16-5)14-11-8-7-9-12-14/h6-12H2,1-5H3. The lowest BCUT2D eigenvalue weighted by atomic mass is 10.1. The number of nitrogens with zero attached hydrogens (tertiary/aromatic N) is 1. The van der Waals surface area contributed by atoms with Gasteiger partial charge in [-0.1, -0.05) is 33.6 Å². The van der Waals surface area contributed by atoms with Crippen molar-refractivity contribution in [2.24, 2.45) is 0 Å². The minimum absolute atomic E-state index is 0.141. The molecule has 0 bridgehead atoms. The molecule has 3 nitrogen and oxygen atoms in total. The second kappa shape index (κ2) is 6.32. The third kappa shape index (κ3) is 2.92. The van der Waals surface area contributed by atoms with E-state index in [1.807, 2.05) is 14.2 Å². The molecule has 0 radical (unpaired) electrons. The van der Waals surface area contributed by atoms with Crippen molar-refractivity contribution in [1.29, 1.82) is 0 Å². The van der Waals surface area contributed by atoms with E-state index in [2.05, 4.69) is 25.3 Å². The van der Waals surface area contributed by atoms with Crippen LogP contribution in [0.1, 0.15) is 52.9 Å². The smallest absolute Gasteiger partial charge is 0.386 e. The van der Waals surface area contributed by atoms with Gasteiger partial charge in [-0.15, -0.1) is 0 Å². The maximum absolute atomic E-state index is 5.99. The summed E-state index contributed by atoms with van der Waals surface area (Å²) in [5.74, 6) is 0. The van der Waals surface area contributed by atoms with Gasteiger partial charge >= 0.3 is 8.72 Å². The summed E-state index contributed by atoms with van der Waals surface area (Å²) < 4.78 is 14.5. The summed E-state index contributed by atoms with van der Waals surface area (Å²) in [5, 5.41) is 0.141. The third-order valence-electron chi connectivity index (χ3n) is 4.06. The van der Waals surface area contributed by atoms with Gasteiger partial charge in [-0.05, 0) is 32.4 Å². The molecule has 0 aliphatic carbocycles. The first-order valence-corrected chi connectivity index (χ1v) is 8.66. The lowest BCUT2D eigenvalue weighted by Gasteiger charge is -2.48. The second-order valence-electron chi connectivity index (χ2n) is 5.67. The Bertz CT molecular complexity index is 223. The van der Waals surface area contributed by atoms with Gasteiger partial charge in [0.2, 0.25) is 0 Å². The van der Waals surface area contributed by atoms with Crippen LogP contribution >= 0.6 is 0 Å². The molecule has 1 saturated heterocycles. The molecule has 0 saturated carbocycles. The molecule has 1 rings (SSSR count). The van der Waals surface area contributed by atoms with Crippen LogP contribution in [0.2, 0.25) is 5.04 Å². The molecule has 1 aliphatic rings. The maximum Gasteiger partial charge on any atom is 0.433 e. The van der Waals surface area contributed by atoms with Gasteiger partial charge < -0.3 is 8.85 Å². The number of piperidine rings is 1. The van der Waals surface area contributed by atoms with E-state index in [0.29, 0.717) is 0 Å². The molecule has 1 aliphatic heterocycles. The minimum Gasteiger partial charge on any atom is -0.386 e. The molecule has 0 aromatic rings. The Labute approximate surface area is 108 Å². The van der Waals surface area contributed by atoms with E-state index in [1.54, 1.807) is 0 Å². The topological polar surface area (TPSA) is 21.7 Å². The van der Waals surface area contributed by atoms with E-state index in [1.165, 1.54) is 25.7 Å². The fourth-order valence-corrected chi connectivity index (χ4v) is 7.41. The number of rotatable bonds is 6. The average Bonchev–Trinajstić information content (AvgIpc) is 2.32. The Kier molecular flexibility index (Phi) is 5.63. The molecule has 17 heavy (non-hydrogen) atoms. The van der Waals surface area contributed by atoms with Crippen molar-refractivity contribution in [2.75, 3.05) is 27.3 Å². The van der Waals surface area contributed by atoms with Crippen molar-refractivity contribution in [3.05, 3.63) is 0 Å². The van der Waals surface area contributed by atoms with Crippen LogP contribution in [0, 0.1) is 0 Å². The molecule has 1 fully saturated rings. The van der Waals surface area contributed by atoms with E-state index in [9.17, 15) is 0 Å². The molecule has 0 amide bonds. The van der Waals surface area contributed by atoms with Crippen molar-refractivity contribution < 1.29 is 8.85 Å². The zero-order valence-electron chi connectivity index (χ0n) is 12.2. The summed E-state index contributed by atoms with van der Waals surface area (Å²) >= 11 is 0. The normalized spacial score (nSPS) is 19.6. The SMILES string of the molecule is CCCC(C)(C)[Si](OC)(OC)N1CCCCC1.